The summed E-state index contributed by atoms with van der Waals surface area (Å²) in [6.45, 7) is -1.63. The van der Waals surface area contributed by atoms with Crippen LogP contribution in [-0.2, 0) is 14.3 Å². The van der Waals surface area contributed by atoms with Crippen LogP contribution in [0.3, 0.4) is 0 Å². The van der Waals surface area contributed by atoms with Crippen molar-refractivity contribution in [2.45, 2.75) is 55.1 Å². The summed E-state index contributed by atoms with van der Waals surface area (Å²) in [5, 5.41) is 75.3. The van der Waals surface area contributed by atoms with Gasteiger partial charge in [-0.3, -0.25) is 0 Å². The number of carbonyl (C=O) groups excluding carboxylic acids is 1. The topological polar surface area (TPSA) is 197 Å². The van der Waals surface area contributed by atoms with Crippen molar-refractivity contribution in [3.63, 3.8) is 0 Å². The molecule has 0 aromatic heterocycles. The Balaban J connectivity index is 2.73. The van der Waals surface area contributed by atoms with Crippen LogP contribution in [0.2, 0.25) is 0 Å². The van der Waals surface area contributed by atoms with Gasteiger partial charge in [-0.25, -0.2) is 0 Å². The fraction of sp³-hybridized carbons (Fsp3) is 0.917. The standard InChI is InChI=1S/C12H22O11/c13-1-4(16)7(18)8(19)6(3-15)22-12-10(21)9(20)11(23-12)5(17)2-14/h1,4-12,14-21H,2-3H2/t4-,5+,6+,7+,8-,9+,10+,11-,12-/m0/s1. The van der Waals surface area contributed by atoms with Gasteiger partial charge in [-0.05, 0) is 0 Å². The Kier molecular flexibility index (Phi) is 7.89. The molecule has 0 aromatic rings. The summed E-state index contributed by atoms with van der Waals surface area (Å²) < 4.78 is 10.1. The lowest BCUT2D eigenvalue weighted by Crippen LogP contribution is -2.49. The van der Waals surface area contributed by atoms with Gasteiger partial charge in [-0.1, -0.05) is 0 Å². The second-order valence-corrected chi connectivity index (χ2v) is 5.17. The number of aliphatic hydroxyl groups excluding tert-OH is 8. The van der Waals surface area contributed by atoms with Gasteiger partial charge in [0.2, 0.25) is 0 Å². The van der Waals surface area contributed by atoms with Crippen molar-refractivity contribution in [2.24, 2.45) is 0 Å². The molecule has 0 radical (unpaired) electrons. The van der Waals surface area contributed by atoms with E-state index in [1.54, 1.807) is 0 Å². The first-order valence-electron chi connectivity index (χ1n) is 6.84. The highest BCUT2D eigenvalue weighted by atomic mass is 16.7. The van der Waals surface area contributed by atoms with Crippen molar-refractivity contribution < 1.29 is 55.1 Å². The molecule has 0 amide bonds. The second kappa shape index (κ2) is 8.94. The first-order chi connectivity index (χ1) is 10.8. The molecule has 1 saturated heterocycles. The summed E-state index contributed by atoms with van der Waals surface area (Å²) in [6.07, 6.45) is -15.1. The fourth-order valence-electron chi connectivity index (χ4n) is 2.11. The minimum absolute atomic E-state index is 0.0272. The summed E-state index contributed by atoms with van der Waals surface area (Å²) in [6, 6.07) is 0. The fourth-order valence-corrected chi connectivity index (χ4v) is 2.11. The highest BCUT2D eigenvalue weighted by Gasteiger charge is 2.48. The molecule has 0 saturated carbocycles. The van der Waals surface area contributed by atoms with Crippen LogP contribution >= 0.6 is 0 Å². The quantitative estimate of drug-likeness (QED) is 0.186. The zero-order valence-electron chi connectivity index (χ0n) is 12.0. The number of rotatable bonds is 9. The Morgan fingerprint density at radius 3 is 2.09 bits per heavy atom. The summed E-state index contributed by atoms with van der Waals surface area (Å²) in [7, 11) is 0. The number of hydrogen-bond donors (Lipinski definition) is 8. The molecule has 0 bridgehead atoms. The van der Waals surface area contributed by atoms with Crippen LogP contribution in [0.4, 0.5) is 0 Å². The third-order valence-corrected chi connectivity index (χ3v) is 3.53. The van der Waals surface area contributed by atoms with E-state index in [2.05, 4.69) is 0 Å². The van der Waals surface area contributed by atoms with E-state index in [0.717, 1.165) is 0 Å². The molecule has 0 spiro atoms. The summed E-state index contributed by atoms with van der Waals surface area (Å²) in [5.41, 5.74) is 0. The molecule has 0 aliphatic carbocycles. The Morgan fingerprint density at radius 1 is 1.00 bits per heavy atom. The van der Waals surface area contributed by atoms with Crippen LogP contribution in [0.1, 0.15) is 0 Å². The van der Waals surface area contributed by atoms with E-state index in [9.17, 15) is 35.4 Å². The summed E-state index contributed by atoms with van der Waals surface area (Å²) in [4.78, 5) is 10.4. The van der Waals surface area contributed by atoms with E-state index in [-0.39, 0.29) is 6.29 Å². The van der Waals surface area contributed by atoms with Crippen LogP contribution in [0, 0.1) is 0 Å². The molecule has 136 valence electrons. The zero-order valence-corrected chi connectivity index (χ0v) is 12.0. The number of carbonyl (C=O) groups is 1. The minimum Gasteiger partial charge on any atom is -0.394 e. The predicted molar refractivity (Wildman–Crippen MR) is 69.8 cm³/mol. The van der Waals surface area contributed by atoms with Gasteiger partial charge < -0.3 is 55.1 Å². The van der Waals surface area contributed by atoms with Crippen molar-refractivity contribution in [3.05, 3.63) is 0 Å². The van der Waals surface area contributed by atoms with E-state index >= 15 is 0 Å². The summed E-state index contributed by atoms with van der Waals surface area (Å²) >= 11 is 0. The van der Waals surface area contributed by atoms with Crippen molar-refractivity contribution in [1.29, 1.82) is 0 Å². The normalized spacial score (nSPS) is 34.6. The smallest absolute Gasteiger partial charge is 0.187 e. The predicted octanol–water partition coefficient (Wildman–Crippen LogP) is -5.55. The van der Waals surface area contributed by atoms with Crippen molar-refractivity contribution in [2.75, 3.05) is 13.2 Å². The first-order valence-corrected chi connectivity index (χ1v) is 6.84. The van der Waals surface area contributed by atoms with Crippen LogP contribution in [0.5, 0.6) is 0 Å². The highest BCUT2D eigenvalue weighted by Crippen LogP contribution is 2.26. The largest absolute Gasteiger partial charge is 0.394 e. The van der Waals surface area contributed by atoms with Crippen LogP contribution in [0.15, 0.2) is 0 Å². The molecule has 8 N–H and O–H groups in total. The Bertz CT molecular complexity index is 367. The van der Waals surface area contributed by atoms with Gasteiger partial charge in [-0.2, -0.15) is 0 Å². The maximum atomic E-state index is 10.4. The molecule has 0 aromatic carbocycles. The van der Waals surface area contributed by atoms with Crippen molar-refractivity contribution >= 4 is 6.29 Å². The molecular formula is C12H22O11. The van der Waals surface area contributed by atoms with Gasteiger partial charge in [0.15, 0.2) is 12.6 Å². The first kappa shape index (κ1) is 20.3. The molecular weight excluding hydrogens is 320 g/mol. The third kappa shape index (κ3) is 4.64. The molecule has 1 rings (SSSR count). The van der Waals surface area contributed by atoms with Gasteiger partial charge in [-0.15, -0.1) is 0 Å². The van der Waals surface area contributed by atoms with E-state index in [0.29, 0.717) is 0 Å². The lowest BCUT2D eigenvalue weighted by molar-refractivity contribution is -0.235. The maximum Gasteiger partial charge on any atom is 0.187 e. The SMILES string of the molecule is O=C[C@H](O)[C@@H](O)[C@@H](O)[C@@H](CO)O[C@H]1O[C@@H]([C@H](O)CO)[C@H](O)[C@H]1O. The molecule has 0 unspecified atom stereocenters. The number of hydrogen-bond acceptors (Lipinski definition) is 11. The number of aldehydes is 1. The average molecular weight is 342 g/mol. The molecule has 1 aliphatic rings. The van der Waals surface area contributed by atoms with E-state index in [1.807, 2.05) is 0 Å². The van der Waals surface area contributed by atoms with E-state index in [1.165, 1.54) is 0 Å². The van der Waals surface area contributed by atoms with Crippen LogP contribution in [0.25, 0.3) is 0 Å². The zero-order chi connectivity index (χ0) is 17.7. The summed E-state index contributed by atoms with van der Waals surface area (Å²) in [5.74, 6) is 0. The van der Waals surface area contributed by atoms with Crippen molar-refractivity contribution in [3.8, 4) is 0 Å². The van der Waals surface area contributed by atoms with Gasteiger partial charge in [0.05, 0.1) is 13.2 Å². The Labute approximate surface area is 130 Å². The van der Waals surface area contributed by atoms with Crippen LogP contribution < -0.4 is 0 Å². The molecule has 11 nitrogen and oxygen atoms in total. The van der Waals surface area contributed by atoms with E-state index in [4.69, 9.17) is 19.7 Å². The molecule has 1 fully saturated rings. The Hall–Kier alpha value is -0.730. The van der Waals surface area contributed by atoms with Gasteiger partial charge in [0, 0.05) is 0 Å². The second-order valence-electron chi connectivity index (χ2n) is 5.17. The van der Waals surface area contributed by atoms with Gasteiger partial charge >= 0.3 is 0 Å². The number of aliphatic hydroxyl groups is 8. The lowest BCUT2D eigenvalue weighted by Gasteiger charge is -2.29. The van der Waals surface area contributed by atoms with Crippen LogP contribution in [-0.4, -0.2) is 115 Å². The molecule has 11 heteroatoms. The molecule has 9 atom stereocenters. The molecule has 23 heavy (non-hydrogen) atoms. The third-order valence-electron chi connectivity index (χ3n) is 3.53. The average Bonchev–Trinajstić information content (AvgIpc) is 2.84. The van der Waals surface area contributed by atoms with E-state index < -0.39 is 68.3 Å². The minimum atomic E-state index is -1.97. The van der Waals surface area contributed by atoms with Gasteiger partial charge in [0.1, 0.15) is 48.8 Å². The maximum absolute atomic E-state index is 10.4. The number of ether oxygens (including phenoxy) is 2. The Morgan fingerprint density at radius 2 is 1.61 bits per heavy atom. The van der Waals surface area contributed by atoms with Crippen molar-refractivity contribution in [1.82, 2.24) is 0 Å². The van der Waals surface area contributed by atoms with Gasteiger partial charge in [0.25, 0.3) is 0 Å². The monoisotopic (exact) mass is 342 g/mol. The highest BCUT2D eigenvalue weighted by molar-refractivity contribution is 5.56. The molecule has 1 heterocycles. The lowest BCUT2D eigenvalue weighted by atomic mass is 10.0. The molecule has 1 aliphatic heterocycles.